The second kappa shape index (κ2) is 7.57. The second-order valence-electron chi connectivity index (χ2n) is 6.27. The maximum absolute atomic E-state index is 12.1. The Balaban J connectivity index is 1.72. The Kier molecular flexibility index (Phi) is 5.76. The van der Waals surface area contributed by atoms with Gasteiger partial charge in [0.1, 0.15) is 0 Å². The van der Waals surface area contributed by atoms with Crippen LogP contribution in [-0.4, -0.2) is 31.7 Å². The third-order valence-corrected chi connectivity index (χ3v) is 4.31. The zero-order valence-electron chi connectivity index (χ0n) is 12.8. The lowest BCUT2D eigenvalue weighted by Gasteiger charge is -2.33. The molecule has 1 heterocycles. The highest BCUT2D eigenvalue weighted by Crippen LogP contribution is 2.28. The summed E-state index contributed by atoms with van der Waals surface area (Å²) in [6.07, 6.45) is 3.50. The summed E-state index contributed by atoms with van der Waals surface area (Å²) in [6, 6.07) is 9.69. The highest BCUT2D eigenvalue weighted by molar-refractivity contribution is 5.81. The van der Waals surface area contributed by atoms with Crippen molar-refractivity contribution in [2.24, 2.45) is 11.1 Å². The summed E-state index contributed by atoms with van der Waals surface area (Å²) < 4.78 is 5.37. The van der Waals surface area contributed by atoms with Crippen LogP contribution in [0.25, 0.3) is 0 Å². The normalized spacial score (nSPS) is 19.0. The third-order valence-electron chi connectivity index (χ3n) is 4.31. The number of hydrogen-bond acceptors (Lipinski definition) is 3. The van der Waals surface area contributed by atoms with Crippen molar-refractivity contribution in [3.63, 3.8) is 0 Å². The maximum atomic E-state index is 12.1. The number of carbonyl (C=O) groups excluding carboxylic acids is 1. The van der Waals surface area contributed by atoms with Crippen LogP contribution in [-0.2, 0) is 16.0 Å². The first-order chi connectivity index (χ1) is 10.1. The number of ether oxygens (including phenoxy) is 1. The Labute approximate surface area is 127 Å². The summed E-state index contributed by atoms with van der Waals surface area (Å²) >= 11 is 0. The SMILES string of the molecule is CC1(CNC(=O)[C@@H](N)CCc2ccccc2)CCOCC1. The van der Waals surface area contributed by atoms with E-state index in [4.69, 9.17) is 10.5 Å². The summed E-state index contributed by atoms with van der Waals surface area (Å²) in [7, 11) is 0. The van der Waals surface area contributed by atoms with Crippen molar-refractivity contribution in [1.29, 1.82) is 0 Å². The Morgan fingerprint density at radius 1 is 1.33 bits per heavy atom. The minimum absolute atomic E-state index is 0.0429. The molecule has 1 aliphatic rings. The van der Waals surface area contributed by atoms with E-state index in [9.17, 15) is 4.79 Å². The first kappa shape index (κ1) is 16.0. The van der Waals surface area contributed by atoms with Gasteiger partial charge in [0.05, 0.1) is 6.04 Å². The lowest BCUT2D eigenvalue weighted by Crippen LogP contribution is -2.46. The molecule has 0 aliphatic carbocycles. The number of aryl methyl sites for hydroxylation is 1. The highest BCUT2D eigenvalue weighted by atomic mass is 16.5. The zero-order chi connectivity index (χ0) is 15.1. The molecule has 0 unspecified atom stereocenters. The molecular formula is C17H26N2O2. The summed E-state index contributed by atoms with van der Waals surface area (Å²) in [5.74, 6) is -0.0429. The van der Waals surface area contributed by atoms with Crippen molar-refractivity contribution in [2.75, 3.05) is 19.8 Å². The predicted octanol–water partition coefficient (Wildman–Crippen LogP) is 1.88. The molecule has 116 valence electrons. The van der Waals surface area contributed by atoms with E-state index in [1.54, 1.807) is 0 Å². The Morgan fingerprint density at radius 2 is 2.00 bits per heavy atom. The van der Waals surface area contributed by atoms with Gasteiger partial charge >= 0.3 is 0 Å². The van der Waals surface area contributed by atoms with Crippen LogP contribution in [0.1, 0.15) is 31.7 Å². The molecule has 1 atom stereocenters. The summed E-state index contributed by atoms with van der Waals surface area (Å²) in [5.41, 5.74) is 7.35. The lowest BCUT2D eigenvalue weighted by molar-refractivity contribution is -0.123. The Morgan fingerprint density at radius 3 is 2.67 bits per heavy atom. The average Bonchev–Trinajstić information content (AvgIpc) is 2.52. The van der Waals surface area contributed by atoms with Gasteiger partial charge in [0.2, 0.25) is 5.91 Å². The first-order valence-corrected chi connectivity index (χ1v) is 7.74. The molecule has 1 amide bonds. The van der Waals surface area contributed by atoms with Crippen molar-refractivity contribution in [3.8, 4) is 0 Å². The van der Waals surface area contributed by atoms with E-state index in [0.29, 0.717) is 13.0 Å². The Bertz CT molecular complexity index is 441. The van der Waals surface area contributed by atoms with E-state index < -0.39 is 6.04 Å². The van der Waals surface area contributed by atoms with Crippen molar-refractivity contribution >= 4 is 5.91 Å². The summed E-state index contributed by atoms with van der Waals surface area (Å²) in [5, 5.41) is 3.01. The van der Waals surface area contributed by atoms with Crippen molar-refractivity contribution in [3.05, 3.63) is 35.9 Å². The van der Waals surface area contributed by atoms with Gasteiger partial charge < -0.3 is 15.8 Å². The number of rotatable bonds is 6. The molecule has 21 heavy (non-hydrogen) atoms. The molecule has 4 heteroatoms. The lowest BCUT2D eigenvalue weighted by atomic mass is 9.82. The molecule has 1 aliphatic heterocycles. The minimum atomic E-state index is -0.436. The van der Waals surface area contributed by atoms with Crippen LogP contribution in [0.4, 0.5) is 0 Å². The number of amides is 1. The molecular weight excluding hydrogens is 264 g/mol. The van der Waals surface area contributed by atoms with Gasteiger partial charge in [0.25, 0.3) is 0 Å². The first-order valence-electron chi connectivity index (χ1n) is 7.74. The van der Waals surface area contributed by atoms with Gasteiger partial charge in [0, 0.05) is 19.8 Å². The minimum Gasteiger partial charge on any atom is -0.381 e. The van der Waals surface area contributed by atoms with Crippen molar-refractivity contribution < 1.29 is 9.53 Å². The van der Waals surface area contributed by atoms with E-state index >= 15 is 0 Å². The average molecular weight is 290 g/mol. The van der Waals surface area contributed by atoms with Crippen LogP contribution in [0, 0.1) is 5.41 Å². The molecule has 1 fully saturated rings. The smallest absolute Gasteiger partial charge is 0.236 e. The van der Waals surface area contributed by atoms with E-state index in [1.165, 1.54) is 5.56 Å². The maximum Gasteiger partial charge on any atom is 0.236 e. The van der Waals surface area contributed by atoms with Crippen molar-refractivity contribution in [1.82, 2.24) is 5.32 Å². The molecule has 3 N–H and O–H groups in total. The molecule has 2 rings (SSSR count). The number of carbonyl (C=O) groups is 1. The standard InChI is InChI=1S/C17H26N2O2/c1-17(9-11-21-12-10-17)13-19-16(20)15(18)8-7-14-5-3-2-4-6-14/h2-6,15H,7-13,18H2,1H3,(H,19,20)/t15-/m0/s1. The largest absolute Gasteiger partial charge is 0.381 e. The fraction of sp³-hybridized carbons (Fsp3) is 0.588. The molecule has 0 aromatic heterocycles. The third kappa shape index (κ3) is 5.14. The fourth-order valence-corrected chi connectivity index (χ4v) is 2.57. The van der Waals surface area contributed by atoms with Crippen LogP contribution >= 0.6 is 0 Å². The summed E-state index contributed by atoms with van der Waals surface area (Å²) in [6.45, 7) is 4.46. The molecule has 4 nitrogen and oxygen atoms in total. The zero-order valence-corrected chi connectivity index (χ0v) is 12.8. The van der Waals surface area contributed by atoms with Crippen LogP contribution < -0.4 is 11.1 Å². The molecule has 0 radical (unpaired) electrons. The van der Waals surface area contributed by atoms with E-state index in [1.807, 2.05) is 18.2 Å². The van der Waals surface area contributed by atoms with E-state index in [0.717, 1.165) is 32.5 Å². The number of nitrogens with two attached hydrogens (primary N) is 1. The fourth-order valence-electron chi connectivity index (χ4n) is 2.57. The topological polar surface area (TPSA) is 64.4 Å². The van der Waals surface area contributed by atoms with Crippen LogP contribution in [0.15, 0.2) is 30.3 Å². The molecule has 0 spiro atoms. The summed E-state index contributed by atoms with van der Waals surface area (Å²) in [4.78, 5) is 12.1. The highest BCUT2D eigenvalue weighted by Gasteiger charge is 2.28. The number of nitrogens with one attached hydrogen (secondary N) is 1. The quantitative estimate of drug-likeness (QED) is 0.841. The van der Waals surface area contributed by atoms with E-state index in [2.05, 4.69) is 24.4 Å². The molecule has 1 aromatic carbocycles. The van der Waals surface area contributed by atoms with Gasteiger partial charge in [0.15, 0.2) is 0 Å². The van der Waals surface area contributed by atoms with Gasteiger partial charge in [-0.3, -0.25) is 4.79 Å². The Hall–Kier alpha value is -1.39. The van der Waals surface area contributed by atoms with Gasteiger partial charge in [-0.2, -0.15) is 0 Å². The van der Waals surface area contributed by atoms with Crippen LogP contribution in [0.2, 0.25) is 0 Å². The second-order valence-corrected chi connectivity index (χ2v) is 6.27. The van der Waals surface area contributed by atoms with E-state index in [-0.39, 0.29) is 11.3 Å². The number of benzene rings is 1. The molecule has 1 aromatic rings. The van der Waals surface area contributed by atoms with Gasteiger partial charge in [-0.05, 0) is 36.7 Å². The monoisotopic (exact) mass is 290 g/mol. The van der Waals surface area contributed by atoms with Crippen molar-refractivity contribution in [2.45, 2.75) is 38.6 Å². The van der Waals surface area contributed by atoms with Crippen LogP contribution in [0.5, 0.6) is 0 Å². The van der Waals surface area contributed by atoms with Gasteiger partial charge in [-0.1, -0.05) is 37.3 Å². The molecule has 0 saturated carbocycles. The van der Waals surface area contributed by atoms with Crippen LogP contribution in [0.3, 0.4) is 0 Å². The van der Waals surface area contributed by atoms with Gasteiger partial charge in [-0.25, -0.2) is 0 Å². The molecule has 1 saturated heterocycles. The predicted molar refractivity (Wildman–Crippen MR) is 83.9 cm³/mol. The van der Waals surface area contributed by atoms with Gasteiger partial charge in [-0.15, -0.1) is 0 Å². The molecule has 0 bridgehead atoms. The number of hydrogen-bond donors (Lipinski definition) is 2.